The Balaban J connectivity index is 1.55. The smallest absolute Gasteiger partial charge is 0.273 e. The number of hydrogen-bond acceptors (Lipinski definition) is 4. The van der Waals surface area contributed by atoms with Crippen LogP contribution in [-0.2, 0) is 0 Å². The maximum Gasteiger partial charge on any atom is 0.273 e. The van der Waals surface area contributed by atoms with Crippen molar-refractivity contribution >= 4 is 17.5 Å². The quantitative estimate of drug-likeness (QED) is 0.854. The van der Waals surface area contributed by atoms with Crippen molar-refractivity contribution in [2.24, 2.45) is 5.92 Å². The molecule has 25 heavy (non-hydrogen) atoms. The predicted octanol–water partition coefficient (Wildman–Crippen LogP) is 3.68. The summed E-state index contributed by atoms with van der Waals surface area (Å²) in [5.41, 5.74) is 1.40. The van der Waals surface area contributed by atoms with Gasteiger partial charge in [-0.25, -0.2) is 0 Å². The third kappa shape index (κ3) is 3.88. The fraction of sp³-hybridized carbons (Fsp3) is 0.474. The summed E-state index contributed by atoms with van der Waals surface area (Å²) in [5, 5.41) is 11.2. The number of nitrogens with one attached hydrogen (secondary N) is 2. The summed E-state index contributed by atoms with van der Waals surface area (Å²) in [5.74, 6) is 1.46. The Hall–Kier alpha value is -1.85. The van der Waals surface area contributed by atoms with E-state index in [0.29, 0.717) is 22.6 Å². The molecule has 1 amide bonds. The van der Waals surface area contributed by atoms with Gasteiger partial charge in [-0.1, -0.05) is 28.9 Å². The third-order valence-corrected chi connectivity index (χ3v) is 5.33. The number of nitrogens with zero attached hydrogens (tertiary/aromatic N) is 1. The van der Waals surface area contributed by atoms with E-state index < -0.39 is 0 Å². The first-order valence-electron chi connectivity index (χ1n) is 8.94. The maximum absolute atomic E-state index is 12.7. The van der Waals surface area contributed by atoms with Crippen LogP contribution in [0.2, 0.25) is 5.02 Å². The van der Waals surface area contributed by atoms with E-state index in [2.05, 4.69) is 15.8 Å². The van der Waals surface area contributed by atoms with Gasteiger partial charge < -0.3 is 15.2 Å². The normalized spacial score (nSPS) is 19.6. The summed E-state index contributed by atoms with van der Waals surface area (Å²) in [6, 6.07) is 9.45. The molecule has 132 valence electrons. The molecule has 4 rings (SSSR count). The minimum atomic E-state index is -0.181. The highest BCUT2D eigenvalue weighted by molar-refractivity contribution is 6.30. The topological polar surface area (TPSA) is 67.2 Å². The molecule has 1 saturated heterocycles. The molecule has 6 heteroatoms. The second kappa shape index (κ2) is 7.18. The van der Waals surface area contributed by atoms with Gasteiger partial charge in [-0.15, -0.1) is 0 Å². The van der Waals surface area contributed by atoms with Crippen LogP contribution in [0.25, 0.3) is 0 Å². The largest absolute Gasteiger partial charge is 0.360 e. The van der Waals surface area contributed by atoms with Crippen LogP contribution in [0.3, 0.4) is 0 Å². The molecule has 1 unspecified atom stereocenters. The number of carbonyl (C=O) groups is 1. The molecule has 1 atom stereocenters. The van der Waals surface area contributed by atoms with E-state index in [9.17, 15) is 4.79 Å². The molecule has 2 fully saturated rings. The Morgan fingerprint density at radius 3 is 2.76 bits per heavy atom. The highest BCUT2D eigenvalue weighted by Gasteiger charge is 2.31. The van der Waals surface area contributed by atoms with Crippen LogP contribution in [0.5, 0.6) is 0 Å². The number of rotatable bonds is 5. The first-order chi connectivity index (χ1) is 12.2. The lowest BCUT2D eigenvalue weighted by atomic mass is 9.86. The minimum Gasteiger partial charge on any atom is -0.360 e. The monoisotopic (exact) mass is 359 g/mol. The third-order valence-electron chi connectivity index (χ3n) is 5.09. The number of benzene rings is 1. The second-order valence-electron chi connectivity index (χ2n) is 6.98. The van der Waals surface area contributed by atoms with Crippen molar-refractivity contribution in [2.45, 2.75) is 37.6 Å². The number of aromatic nitrogens is 1. The van der Waals surface area contributed by atoms with E-state index in [4.69, 9.17) is 16.1 Å². The minimum absolute atomic E-state index is 0.0747. The average Bonchev–Trinajstić information content (AvgIpc) is 3.37. The Bertz CT molecular complexity index is 751. The van der Waals surface area contributed by atoms with Crippen LogP contribution in [0.4, 0.5) is 0 Å². The standard InChI is InChI=1S/C19H22ClN3O2/c20-15-3-1-2-14(10-15)18(13-6-8-21-9-7-13)22-19(24)16-11-17(25-23-16)12-4-5-12/h1-3,10-13,18,21H,4-9H2,(H,22,24). The van der Waals surface area contributed by atoms with Gasteiger partial charge in [0.15, 0.2) is 5.69 Å². The van der Waals surface area contributed by atoms with Gasteiger partial charge in [0.1, 0.15) is 5.76 Å². The zero-order chi connectivity index (χ0) is 17.2. The van der Waals surface area contributed by atoms with Gasteiger partial charge in [0.25, 0.3) is 5.91 Å². The van der Waals surface area contributed by atoms with E-state index in [1.165, 1.54) is 0 Å². The molecular weight excluding hydrogens is 338 g/mol. The van der Waals surface area contributed by atoms with Crippen LogP contribution >= 0.6 is 11.6 Å². The average molecular weight is 360 g/mol. The number of halogens is 1. The summed E-state index contributed by atoms with van der Waals surface area (Å²) < 4.78 is 5.32. The molecule has 5 nitrogen and oxygen atoms in total. The van der Waals surface area contributed by atoms with E-state index >= 15 is 0 Å². The van der Waals surface area contributed by atoms with E-state index in [-0.39, 0.29) is 11.9 Å². The molecule has 2 N–H and O–H groups in total. The SMILES string of the molecule is O=C(NC(c1cccc(Cl)c1)C1CCNCC1)c1cc(C2CC2)on1. The first-order valence-corrected chi connectivity index (χ1v) is 9.32. The van der Waals surface area contributed by atoms with Crippen molar-refractivity contribution in [1.29, 1.82) is 0 Å². The zero-order valence-electron chi connectivity index (χ0n) is 14.0. The fourth-order valence-electron chi connectivity index (χ4n) is 3.52. The molecule has 1 saturated carbocycles. The predicted molar refractivity (Wildman–Crippen MR) is 95.7 cm³/mol. The molecule has 2 heterocycles. The van der Waals surface area contributed by atoms with Crippen molar-refractivity contribution in [3.05, 3.63) is 52.4 Å². The van der Waals surface area contributed by atoms with E-state index in [0.717, 1.165) is 50.1 Å². The Kier molecular flexibility index (Phi) is 4.77. The van der Waals surface area contributed by atoms with Crippen molar-refractivity contribution in [1.82, 2.24) is 15.8 Å². The van der Waals surface area contributed by atoms with Gasteiger partial charge in [0.2, 0.25) is 0 Å². The van der Waals surface area contributed by atoms with Gasteiger partial charge in [0.05, 0.1) is 6.04 Å². The van der Waals surface area contributed by atoms with Gasteiger partial charge in [0, 0.05) is 17.0 Å². The number of carbonyl (C=O) groups excluding carboxylic acids is 1. The zero-order valence-corrected chi connectivity index (χ0v) is 14.8. The molecule has 2 aliphatic rings. The molecule has 0 bridgehead atoms. The molecule has 0 radical (unpaired) electrons. The van der Waals surface area contributed by atoms with Gasteiger partial charge in [-0.2, -0.15) is 0 Å². The summed E-state index contributed by atoms with van der Waals surface area (Å²) in [6.45, 7) is 1.93. The highest BCUT2D eigenvalue weighted by Crippen LogP contribution is 2.40. The van der Waals surface area contributed by atoms with Crippen LogP contribution in [0.1, 0.15) is 59.5 Å². The fourth-order valence-corrected chi connectivity index (χ4v) is 3.72. The summed E-state index contributed by atoms with van der Waals surface area (Å²) in [4.78, 5) is 12.7. The van der Waals surface area contributed by atoms with Gasteiger partial charge >= 0.3 is 0 Å². The number of hydrogen-bond donors (Lipinski definition) is 2. The highest BCUT2D eigenvalue weighted by atomic mass is 35.5. The summed E-state index contributed by atoms with van der Waals surface area (Å²) in [6.07, 6.45) is 4.28. The Morgan fingerprint density at radius 1 is 1.24 bits per heavy atom. The van der Waals surface area contributed by atoms with E-state index in [1.807, 2.05) is 24.3 Å². The molecule has 1 aliphatic carbocycles. The molecule has 2 aromatic rings. The summed E-state index contributed by atoms with van der Waals surface area (Å²) in [7, 11) is 0. The lowest BCUT2D eigenvalue weighted by molar-refractivity contribution is 0.0905. The molecule has 1 aromatic heterocycles. The van der Waals surface area contributed by atoms with Crippen molar-refractivity contribution in [2.75, 3.05) is 13.1 Å². The molecule has 1 aliphatic heterocycles. The molecular formula is C19H22ClN3O2. The van der Waals surface area contributed by atoms with Crippen molar-refractivity contribution < 1.29 is 9.32 Å². The van der Waals surface area contributed by atoms with E-state index in [1.54, 1.807) is 6.07 Å². The lowest BCUT2D eigenvalue weighted by Crippen LogP contribution is -2.39. The maximum atomic E-state index is 12.7. The van der Waals surface area contributed by atoms with Gasteiger partial charge in [-0.05, 0) is 62.4 Å². The Morgan fingerprint density at radius 2 is 2.04 bits per heavy atom. The molecule has 1 aromatic carbocycles. The lowest BCUT2D eigenvalue weighted by Gasteiger charge is -2.31. The number of amides is 1. The molecule has 0 spiro atoms. The van der Waals surface area contributed by atoms with Crippen molar-refractivity contribution in [3.8, 4) is 0 Å². The summed E-state index contributed by atoms with van der Waals surface area (Å²) >= 11 is 6.17. The van der Waals surface area contributed by atoms with Crippen LogP contribution in [0.15, 0.2) is 34.9 Å². The van der Waals surface area contributed by atoms with Gasteiger partial charge in [-0.3, -0.25) is 4.79 Å². The van der Waals surface area contributed by atoms with Crippen LogP contribution in [0, 0.1) is 5.92 Å². The Labute approximate surface area is 152 Å². The van der Waals surface area contributed by atoms with Crippen LogP contribution in [-0.4, -0.2) is 24.2 Å². The number of piperidine rings is 1. The van der Waals surface area contributed by atoms with Crippen molar-refractivity contribution in [3.63, 3.8) is 0 Å². The second-order valence-corrected chi connectivity index (χ2v) is 7.42. The van der Waals surface area contributed by atoms with Crippen LogP contribution < -0.4 is 10.6 Å². The first kappa shape index (κ1) is 16.6.